The van der Waals surface area contributed by atoms with Gasteiger partial charge in [-0.25, -0.2) is 4.98 Å². The number of pyridine rings is 1. The van der Waals surface area contributed by atoms with Crippen LogP contribution >= 0.6 is 0 Å². The number of nitriles is 1. The Morgan fingerprint density at radius 1 is 1.17 bits per heavy atom. The topological polar surface area (TPSA) is 60.5 Å². The Balaban J connectivity index is 2.07. The van der Waals surface area contributed by atoms with Crippen LogP contribution in [-0.2, 0) is 5.41 Å². The molecule has 1 atom stereocenters. The maximum atomic E-state index is 9.86. The smallest absolute Gasteiger partial charge is 0.175 e. The van der Waals surface area contributed by atoms with Crippen molar-refractivity contribution >= 4 is 11.5 Å². The van der Waals surface area contributed by atoms with E-state index in [0.717, 1.165) is 42.2 Å². The molecule has 0 amide bonds. The van der Waals surface area contributed by atoms with Gasteiger partial charge < -0.3 is 4.90 Å². The van der Waals surface area contributed by atoms with Gasteiger partial charge in [0.05, 0.1) is 11.7 Å². The van der Waals surface area contributed by atoms with Gasteiger partial charge in [-0.15, -0.1) is 5.10 Å². The molecule has 0 spiro atoms. The van der Waals surface area contributed by atoms with Crippen molar-refractivity contribution < 1.29 is 0 Å². The molecule has 3 heterocycles. The lowest BCUT2D eigenvalue weighted by Gasteiger charge is -2.33. The zero-order valence-corrected chi connectivity index (χ0v) is 17.8. The van der Waals surface area contributed by atoms with Crippen LogP contribution < -0.4 is 4.90 Å². The molecule has 1 aliphatic rings. The van der Waals surface area contributed by atoms with E-state index in [2.05, 4.69) is 62.9 Å². The van der Waals surface area contributed by atoms with Gasteiger partial charge >= 0.3 is 0 Å². The van der Waals surface area contributed by atoms with Gasteiger partial charge in [-0.3, -0.25) is 4.90 Å². The molecule has 3 aromatic rings. The molecular formula is C23H28N6. The lowest BCUT2D eigenvalue weighted by Crippen LogP contribution is -2.41. The summed E-state index contributed by atoms with van der Waals surface area (Å²) in [5.74, 6) is 1.77. The van der Waals surface area contributed by atoms with E-state index in [4.69, 9.17) is 10.1 Å². The SMILES string of the molecule is CN(C)C1CCCN1c1c(-c2ccccc2)cc(C#N)c2nc(C(C)(C)C)nn12. The predicted molar refractivity (Wildman–Crippen MR) is 116 cm³/mol. The molecule has 0 saturated carbocycles. The number of hydrogen-bond acceptors (Lipinski definition) is 5. The number of anilines is 1. The number of benzene rings is 1. The minimum Gasteiger partial charge on any atom is -0.340 e. The fourth-order valence-electron chi connectivity index (χ4n) is 4.06. The maximum absolute atomic E-state index is 9.86. The Kier molecular flexibility index (Phi) is 4.79. The van der Waals surface area contributed by atoms with Crippen molar-refractivity contribution in [3.05, 3.63) is 47.8 Å². The summed E-state index contributed by atoms with van der Waals surface area (Å²) in [6.07, 6.45) is 2.51. The molecule has 0 N–H and O–H groups in total. The second kappa shape index (κ2) is 7.16. The van der Waals surface area contributed by atoms with Crippen LogP contribution in [0.15, 0.2) is 36.4 Å². The van der Waals surface area contributed by atoms with Crippen LogP contribution in [-0.4, -0.2) is 46.3 Å². The summed E-state index contributed by atoms with van der Waals surface area (Å²) < 4.78 is 1.91. The number of rotatable bonds is 3. The molecule has 1 aliphatic heterocycles. The standard InChI is InChI=1S/C23H28N6/c1-23(2,3)22-25-20-17(15-24)14-18(16-10-7-6-8-11-16)21(29(20)26-22)28-13-9-12-19(28)27(4)5/h6-8,10-11,14,19H,9,12-13H2,1-5H3. The van der Waals surface area contributed by atoms with Crippen molar-refractivity contribution in [2.45, 2.75) is 45.2 Å². The Hall–Kier alpha value is -2.91. The van der Waals surface area contributed by atoms with Gasteiger partial charge in [-0.1, -0.05) is 51.1 Å². The van der Waals surface area contributed by atoms with Gasteiger partial charge in [-0.05, 0) is 38.6 Å². The summed E-state index contributed by atoms with van der Waals surface area (Å²) in [5.41, 5.74) is 3.09. The Bertz CT molecular complexity index is 1070. The van der Waals surface area contributed by atoms with Crippen LogP contribution in [0.25, 0.3) is 16.8 Å². The van der Waals surface area contributed by atoms with Crippen LogP contribution in [0.4, 0.5) is 5.82 Å². The summed E-state index contributed by atoms with van der Waals surface area (Å²) >= 11 is 0. The quantitative estimate of drug-likeness (QED) is 0.677. The molecule has 0 radical (unpaired) electrons. The lowest BCUT2D eigenvalue weighted by molar-refractivity contribution is 0.299. The van der Waals surface area contributed by atoms with Crippen LogP contribution in [0, 0.1) is 11.3 Å². The number of hydrogen-bond donors (Lipinski definition) is 0. The summed E-state index contributed by atoms with van der Waals surface area (Å²) in [5, 5.41) is 14.8. The second-order valence-electron chi connectivity index (χ2n) is 8.97. The highest BCUT2D eigenvalue weighted by molar-refractivity contribution is 5.81. The van der Waals surface area contributed by atoms with Gasteiger partial charge in [-0.2, -0.15) is 9.78 Å². The van der Waals surface area contributed by atoms with Crippen molar-refractivity contribution in [1.29, 1.82) is 5.26 Å². The minimum absolute atomic E-state index is 0.200. The molecule has 1 fully saturated rings. The molecule has 29 heavy (non-hydrogen) atoms. The molecule has 2 aromatic heterocycles. The van der Waals surface area contributed by atoms with E-state index < -0.39 is 0 Å². The molecule has 4 rings (SSSR count). The monoisotopic (exact) mass is 388 g/mol. The fraction of sp³-hybridized carbons (Fsp3) is 0.435. The summed E-state index contributed by atoms with van der Waals surface area (Å²) in [7, 11) is 4.24. The third kappa shape index (κ3) is 3.36. The highest BCUT2D eigenvalue weighted by Crippen LogP contribution is 2.37. The van der Waals surface area contributed by atoms with E-state index in [-0.39, 0.29) is 11.6 Å². The normalized spacial score (nSPS) is 17.3. The third-order valence-corrected chi connectivity index (χ3v) is 5.54. The fourth-order valence-corrected chi connectivity index (χ4v) is 4.06. The average molecular weight is 389 g/mol. The third-order valence-electron chi connectivity index (χ3n) is 5.54. The zero-order chi connectivity index (χ0) is 20.8. The van der Waals surface area contributed by atoms with Crippen molar-refractivity contribution in [2.75, 3.05) is 25.5 Å². The highest BCUT2D eigenvalue weighted by Gasteiger charge is 2.32. The molecule has 6 nitrogen and oxygen atoms in total. The molecule has 1 unspecified atom stereocenters. The van der Waals surface area contributed by atoms with Crippen molar-refractivity contribution in [3.8, 4) is 17.2 Å². The van der Waals surface area contributed by atoms with E-state index in [1.165, 1.54) is 0 Å². The Morgan fingerprint density at radius 2 is 1.90 bits per heavy atom. The van der Waals surface area contributed by atoms with Gasteiger partial charge in [0.25, 0.3) is 0 Å². The Morgan fingerprint density at radius 3 is 2.52 bits per heavy atom. The van der Waals surface area contributed by atoms with Gasteiger partial charge in [0, 0.05) is 17.5 Å². The maximum Gasteiger partial charge on any atom is 0.175 e. The summed E-state index contributed by atoms with van der Waals surface area (Å²) in [4.78, 5) is 9.45. The minimum atomic E-state index is -0.200. The first kappa shape index (κ1) is 19.4. The van der Waals surface area contributed by atoms with Gasteiger partial charge in [0.2, 0.25) is 0 Å². The zero-order valence-electron chi connectivity index (χ0n) is 17.8. The largest absolute Gasteiger partial charge is 0.340 e. The van der Waals surface area contributed by atoms with Crippen LogP contribution in [0.3, 0.4) is 0 Å². The van der Waals surface area contributed by atoms with Crippen molar-refractivity contribution in [2.24, 2.45) is 0 Å². The molecule has 0 aliphatic carbocycles. The van der Waals surface area contributed by atoms with E-state index in [1.54, 1.807) is 0 Å². The second-order valence-corrected chi connectivity index (χ2v) is 8.97. The molecular weight excluding hydrogens is 360 g/mol. The predicted octanol–water partition coefficient (Wildman–Crippen LogP) is 4.05. The molecule has 150 valence electrons. The van der Waals surface area contributed by atoms with Gasteiger partial charge in [0.15, 0.2) is 11.5 Å². The molecule has 1 saturated heterocycles. The van der Waals surface area contributed by atoms with Crippen LogP contribution in [0.5, 0.6) is 0 Å². The van der Waals surface area contributed by atoms with E-state index >= 15 is 0 Å². The van der Waals surface area contributed by atoms with Crippen LogP contribution in [0.2, 0.25) is 0 Å². The number of fused-ring (bicyclic) bond motifs is 1. The summed E-state index contributed by atoms with van der Waals surface area (Å²) in [6.45, 7) is 7.26. The lowest BCUT2D eigenvalue weighted by atomic mass is 9.96. The number of aromatic nitrogens is 3. The van der Waals surface area contributed by atoms with E-state index in [0.29, 0.717) is 11.2 Å². The van der Waals surface area contributed by atoms with E-state index in [9.17, 15) is 5.26 Å². The Labute approximate surface area is 172 Å². The first-order valence-corrected chi connectivity index (χ1v) is 10.1. The average Bonchev–Trinajstić information content (AvgIpc) is 3.34. The molecule has 6 heteroatoms. The van der Waals surface area contributed by atoms with Crippen molar-refractivity contribution in [1.82, 2.24) is 19.5 Å². The first-order valence-electron chi connectivity index (χ1n) is 10.1. The number of nitrogens with zero attached hydrogens (tertiary/aromatic N) is 6. The first-order chi connectivity index (χ1) is 13.8. The summed E-state index contributed by atoms with van der Waals surface area (Å²) in [6, 6.07) is 14.6. The molecule has 1 aromatic carbocycles. The van der Waals surface area contributed by atoms with Crippen molar-refractivity contribution in [3.63, 3.8) is 0 Å². The van der Waals surface area contributed by atoms with Gasteiger partial charge in [0.1, 0.15) is 11.9 Å². The van der Waals surface area contributed by atoms with Crippen LogP contribution in [0.1, 0.15) is 45.0 Å². The highest BCUT2D eigenvalue weighted by atomic mass is 15.4. The molecule has 0 bridgehead atoms. The van der Waals surface area contributed by atoms with E-state index in [1.807, 2.05) is 28.8 Å².